The number of rotatable bonds is 4. The number of nitrogens with zero attached hydrogens (tertiary/aromatic N) is 1. The van der Waals surface area contributed by atoms with Crippen molar-refractivity contribution in [3.05, 3.63) is 99.7 Å². The van der Waals surface area contributed by atoms with Gasteiger partial charge in [0.1, 0.15) is 5.76 Å². The number of fused-ring (bicyclic) bond motifs is 2. The minimum absolute atomic E-state index is 0.124. The Kier molecular flexibility index (Phi) is 6.06. The molecule has 0 bridgehead atoms. The van der Waals surface area contributed by atoms with E-state index in [0.717, 1.165) is 30.6 Å². The highest BCUT2D eigenvalue weighted by molar-refractivity contribution is 6.05. The maximum atomic E-state index is 13.0. The molecular weight excluding hydrogens is 442 g/mol. The molecule has 0 radical (unpaired) electrons. The quantitative estimate of drug-likeness (QED) is 0.443. The second kappa shape index (κ2) is 9.46. The molecule has 0 unspecified atom stereocenters. The molecule has 0 saturated heterocycles. The zero-order chi connectivity index (χ0) is 24.4. The largest absolute Gasteiger partial charge is 0.455 e. The first-order chi connectivity index (χ1) is 17.0. The van der Waals surface area contributed by atoms with Gasteiger partial charge >= 0.3 is 0 Å². The Labute approximate surface area is 202 Å². The van der Waals surface area contributed by atoms with E-state index in [-0.39, 0.29) is 29.0 Å². The first-order valence-corrected chi connectivity index (χ1v) is 11.6. The Morgan fingerprint density at radius 3 is 2.54 bits per heavy atom. The molecule has 0 spiro atoms. The van der Waals surface area contributed by atoms with Crippen molar-refractivity contribution in [3.63, 3.8) is 0 Å². The SMILES string of the molecule is Cc1c(-c2ccccc2)oc2c(C(=O)NNC(=O)CN3CCCc4ccccc43)cccc2c1=O. The lowest BCUT2D eigenvalue weighted by molar-refractivity contribution is -0.120. The van der Waals surface area contributed by atoms with Crippen LogP contribution in [0.2, 0.25) is 0 Å². The predicted molar refractivity (Wildman–Crippen MR) is 135 cm³/mol. The van der Waals surface area contributed by atoms with Gasteiger partial charge in [-0.1, -0.05) is 54.6 Å². The zero-order valence-electron chi connectivity index (χ0n) is 19.3. The topological polar surface area (TPSA) is 91.7 Å². The highest BCUT2D eigenvalue weighted by Crippen LogP contribution is 2.28. The Morgan fingerprint density at radius 1 is 0.943 bits per heavy atom. The molecule has 0 saturated carbocycles. The van der Waals surface area contributed by atoms with Crippen molar-refractivity contribution in [1.29, 1.82) is 0 Å². The molecule has 2 heterocycles. The van der Waals surface area contributed by atoms with Gasteiger partial charge in [-0.2, -0.15) is 0 Å². The van der Waals surface area contributed by atoms with E-state index in [1.54, 1.807) is 25.1 Å². The number of nitrogens with one attached hydrogen (secondary N) is 2. The summed E-state index contributed by atoms with van der Waals surface area (Å²) >= 11 is 0. The zero-order valence-corrected chi connectivity index (χ0v) is 19.3. The third-order valence-electron chi connectivity index (χ3n) is 6.28. The van der Waals surface area contributed by atoms with Crippen LogP contribution in [-0.2, 0) is 11.2 Å². The highest BCUT2D eigenvalue weighted by atomic mass is 16.3. The molecule has 7 heteroatoms. The first kappa shape index (κ1) is 22.4. The molecule has 5 rings (SSSR count). The minimum Gasteiger partial charge on any atom is -0.455 e. The van der Waals surface area contributed by atoms with Crippen molar-refractivity contribution in [2.45, 2.75) is 19.8 Å². The molecular formula is C28H25N3O4. The molecule has 7 nitrogen and oxygen atoms in total. The van der Waals surface area contributed by atoms with Gasteiger partial charge in [0.15, 0.2) is 11.0 Å². The van der Waals surface area contributed by atoms with Crippen molar-refractivity contribution in [2.75, 3.05) is 18.0 Å². The summed E-state index contributed by atoms with van der Waals surface area (Å²) in [5.74, 6) is -0.484. The number of anilines is 1. The Bertz CT molecular complexity index is 1480. The molecule has 0 atom stereocenters. The minimum atomic E-state index is -0.561. The fourth-order valence-electron chi connectivity index (χ4n) is 4.54. The van der Waals surface area contributed by atoms with Crippen LogP contribution in [0.4, 0.5) is 5.69 Å². The smallest absolute Gasteiger partial charge is 0.273 e. The van der Waals surface area contributed by atoms with Crippen LogP contribution in [0.1, 0.15) is 27.9 Å². The van der Waals surface area contributed by atoms with Gasteiger partial charge in [0.2, 0.25) is 0 Å². The molecule has 1 aliphatic heterocycles. The molecule has 176 valence electrons. The van der Waals surface area contributed by atoms with E-state index in [9.17, 15) is 14.4 Å². The molecule has 0 aliphatic carbocycles. The van der Waals surface area contributed by atoms with Crippen LogP contribution in [0.3, 0.4) is 0 Å². The van der Waals surface area contributed by atoms with Gasteiger partial charge in [-0.05, 0) is 43.5 Å². The number of amides is 2. The summed E-state index contributed by atoms with van der Waals surface area (Å²) in [6.07, 6.45) is 1.95. The summed E-state index contributed by atoms with van der Waals surface area (Å²) < 4.78 is 6.10. The second-order valence-electron chi connectivity index (χ2n) is 8.59. The summed E-state index contributed by atoms with van der Waals surface area (Å²) in [4.78, 5) is 40.6. The molecule has 1 aliphatic rings. The normalized spacial score (nSPS) is 12.8. The van der Waals surface area contributed by atoms with Crippen molar-refractivity contribution in [2.24, 2.45) is 0 Å². The van der Waals surface area contributed by atoms with Crippen molar-refractivity contribution >= 4 is 28.5 Å². The fourth-order valence-corrected chi connectivity index (χ4v) is 4.54. The number of hydrogen-bond donors (Lipinski definition) is 2. The summed E-state index contributed by atoms with van der Waals surface area (Å²) in [7, 11) is 0. The summed E-state index contributed by atoms with van der Waals surface area (Å²) in [6, 6.07) is 22.1. The molecule has 0 fully saturated rings. The molecule has 2 amide bonds. The Balaban J connectivity index is 1.36. The van der Waals surface area contributed by atoms with Gasteiger partial charge in [-0.25, -0.2) is 0 Å². The predicted octanol–water partition coefficient (Wildman–Crippen LogP) is 3.98. The number of carbonyl (C=O) groups excluding carboxylic acids is 2. The third-order valence-corrected chi connectivity index (χ3v) is 6.28. The van der Waals surface area contributed by atoms with Crippen molar-refractivity contribution in [1.82, 2.24) is 10.9 Å². The van der Waals surface area contributed by atoms with E-state index < -0.39 is 5.91 Å². The van der Waals surface area contributed by atoms with Crippen LogP contribution in [0.5, 0.6) is 0 Å². The van der Waals surface area contributed by atoms with Crippen LogP contribution >= 0.6 is 0 Å². The molecule has 4 aromatic rings. The maximum absolute atomic E-state index is 13.0. The van der Waals surface area contributed by atoms with Crippen LogP contribution in [-0.4, -0.2) is 24.9 Å². The first-order valence-electron chi connectivity index (χ1n) is 11.6. The summed E-state index contributed by atoms with van der Waals surface area (Å²) in [6.45, 7) is 2.60. The standard InChI is InChI=1S/C28H25N3O4/c1-18-25(33)21-13-7-14-22(27(21)35-26(18)20-10-3-2-4-11-20)28(34)30-29-24(32)17-31-16-8-12-19-9-5-6-15-23(19)31/h2-7,9-11,13-15H,8,12,16-17H2,1H3,(H,29,32)(H,30,34). The average Bonchev–Trinajstić information content (AvgIpc) is 2.89. The summed E-state index contributed by atoms with van der Waals surface area (Å²) in [5, 5.41) is 0.311. The van der Waals surface area contributed by atoms with E-state index in [1.165, 1.54) is 5.56 Å². The number of aryl methyl sites for hydroxylation is 1. The molecule has 35 heavy (non-hydrogen) atoms. The highest BCUT2D eigenvalue weighted by Gasteiger charge is 2.21. The van der Waals surface area contributed by atoms with Gasteiger partial charge in [-0.15, -0.1) is 0 Å². The van der Waals surface area contributed by atoms with Crippen molar-refractivity contribution in [3.8, 4) is 11.3 Å². The number of para-hydroxylation sites is 2. The van der Waals surface area contributed by atoms with Gasteiger partial charge < -0.3 is 9.32 Å². The number of hydrazine groups is 1. The fraction of sp³-hybridized carbons (Fsp3) is 0.179. The molecule has 1 aromatic heterocycles. The van der Waals surface area contributed by atoms with Gasteiger partial charge in [0.25, 0.3) is 11.8 Å². The van der Waals surface area contributed by atoms with Crippen LogP contribution in [0.15, 0.2) is 82.0 Å². The van der Waals surface area contributed by atoms with Gasteiger partial charge in [0.05, 0.1) is 17.5 Å². The third kappa shape index (κ3) is 4.40. The van der Waals surface area contributed by atoms with Crippen LogP contribution in [0, 0.1) is 6.92 Å². The average molecular weight is 468 g/mol. The second-order valence-corrected chi connectivity index (χ2v) is 8.59. The molecule has 3 aromatic carbocycles. The van der Waals surface area contributed by atoms with Crippen LogP contribution in [0.25, 0.3) is 22.3 Å². The van der Waals surface area contributed by atoms with Gasteiger partial charge in [-0.3, -0.25) is 25.2 Å². The lowest BCUT2D eigenvalue weighted by atomic mass is 10.0. The van der Waals surface area contributed by atoms with E-state index >= 15 is 0 Å². The monoisotopic (exact) mass is 467 g/mol. The Hall–Kier alpha value is -4.39. The van der Waals surface area contributed by atoms with E-state index in [0.29, 0.717) is 16.7 Å². The van der Waals surface area contributed by atoms with E-state index in [1.807, 2.05) is 53.4 Å². The lowest BCUT2D eigenvalue weighted by Crippen LogP contribution is -2.47. The summed E-state index contributed by atoms with van der Waals surface area (Å²) in [5.41, 5.74) is 8.58. The van der Waals surface area contributed by atoms with E-state index in [2.05, 4.69) is 16.9 Å². The van der Waals surface area contributed by atoms with Crippen molar-refractivity contribution < 1.29 is 14.0 Å². The lowest BCUT2D eigenvalue weighted by Gasteiger charge is -2.30. The van der Waals surface area contributed by atoms with Crippen LogP contribution < -0.4 is 21.2 Å². The van der Waals surface area contributed by atoms with Gasteiger partial charge in [0, 0.05) is 23.4 Å². The Morgan fingerprint density at radius 2 is 1.71 bits per heavy atom. The number of hydrogen-bond acceptors (Lipinski definition) is 5. The number of benzene rings is 3. The number of carbonyl (C=O) groups is 2. The maximum Gasteiger partial charge on any atom is 0.273 e. The van der Waals surface area contributed by atoms with E-state index in [4.69, 9.17) is 4.42 Å². The molecule has 2 N–H and O–H groups in total.